The van der Waals surface area contributed by atoms with Crippen molar-refractivity contribution in [3.05, 3.63) is 23.8 Å². The molecule has 1 nitrogen and oxygen atoms in total. The Balaban J connectivity index is 2.86. The minimum Gasteiger partial charge on any atom is -0.290 e. The fourth-order valence-electron chi connectivity index (χ4n) is 1.47. The van der Waals surface area contributed by atoms with Gasteiger partial charge in [-0.3, -0.25) is 4.79 Å². The van der Waals surface area contributed by atoms with Crippen LogP contribution in [0.4, 0.5) is 0 Å². The van der Waals surface area contributed by atoms with Gasteiger partial charge in [0, 0.05) is 5.41 Å². The van der Waals surface area contributed by atoms with Gasteiger partial charge in [-0.25, -0.2) is 0 Å². The van der Waals surface area contributed by atoms with E-state index < -0.39 is 0 Å². The molecule has 0 bridgehead atoms. The third-order valence-corrected chi connectivity index (χ3v) is 2.33. The molecule has 1 aliphatic rings. The van der Waals surface area contributed by atoms with E-state index in [4.69, 9.17) is 0 Å². The number of carbonyl (C=O) groups excluding carboxylic acids is 1. The maximum atomic E-state index is 11.1. The predicted octanol–water partition coefficient (Wildman–Crippen LogP) is 2.88. The molecular formula is C11H16O. The van der Waals surface area contributed by atoms with Crippen molar-refractivity contribution in [1.29, 1.82) is 0 Å². The fourth-order valence-corrected chi connectivity index (χ4v) is 1.47. The summed E-state index contributed by atoms with van der Waals surface area (Å²) in [4.78, 5) is 11.1. The smallest absolute Gasteiger partial charge is 0.178 e. The van der Waals surface area contributed by atoms with Crippen LogP contribution in [0.15, 0.2) is 23.8 Å². The lowest BCUT2D eigenvalue weighted by atomic mass is 9.78. The van der Waals surface area contributed by atoms with Gasteiger partial charge in [-0.1, -0.05) is 38.8 Å². The van der Waals surface area contributed by atoms with Crippen LogP contribution in [0.3, 0.4) is 0 Å². The zero-order valence-electron chi connectivity index (χ0n) is 8.05. The summed E-state index contributed by atoms with van der Waals surface area (Å²) in [5, 5.41) is 0. The van der Waals surface area contributed by atoms with Crippen LogP contribution in [0.1, 0.15) is 33.6 Å². The molecule has 0 aromatic carbocycles. The van der Waals surface area contributed by atoms with E-state index in [1.807, 2.05) is 6.08 Å². The van der Waals surface area contributed by atoms with Crippen LogP contribution in [-0.4, -0.2) is 5.78 Å². The average Bonchev–Trinajstić information content (AvgIpc) is 1.98. The molecule has 0 N–H and O–H groups in total. The number of rotatable bonds is 2. The zero-order chi connectivity index (χ0) is 9.19. The maximum Gasteiger partial charge on any atom is 0.178 e. The van der Waals surface area contributed by atoms with Crippen LogP contribution >= 0.6 is 0 Å². The molecule has 0 atom stereocenters. The van der Waals surface area contributed by atoms with Crippen LogP contribution in [0, 0.1) is 5.41 Å². The lowest BCUT2D eigenvalue weighted by Crippen LogP contribution is -2.16. The predicted molar refractivity (Wildman–Crippen MR) is 50.9 cm³/mol. The summed E-state index contributed by atoms with van der Waals surface area (Å²) >= 11 is 0. The van der Waals surface area contributed by atoms with Crippen molar-refractivity contribution in [2.24, 2.45) is 5.41 Å². The average molecular weight is 164 g/mol. The van der Waals surface area contributed by atoms with E-state index in [-0.39, 0.29) is 11.2 Å². The summed E-state index contributed by atoms with van der Waals surface area (Å²) < 4.78 is 0. The van der Waals surface area contributed by atoms with E-state index in [0.717, 1.165) is 12.8 Å². The van der Waals surface area contributed by atoms with Crippen molar-refractivity contribution in [2.75, 3.05) is 0 Å². The molecule has 0 unspecified atom stereocenters. The Bertz CT molecular complexity index is 244. The summed E-state index contributed by atoms with van der Waals surface area (Å²) in [6.07, 6.45) is 7.59. The zero-order valence-corrected chi connectivity index (χ0v) is 8.05. The molecule has 66 valence electrons. The summed E-state index contributed by atoms with van der Waals surface area (Å²) in [5.41, 5.74) is 1.35. The second kappa shape index (κ2) is 3.26. The molecule has 0 amide bonds. The van der Waals surface area contributed by atoms with E-state index in [9.17, 15) is 4.79 Å². The summed E-state index contributed by atoms with van der Waals surface area (Å²) in [6.45, 7) is 6.44. The molecular weight excluding hydrogens is 148 g/mol. The molecule has 0 aliphatic heterocycles. The van der Waals surface area contributed by atoms with E-state index in [1.165, 1.54) is 5.57 Å². The van der Waals surface area contributed by atoms with Crippen molar-refractivity contribution < 1.29 is 4.79 Å². The van der Waals surface area contributed by atoms with E-state index in [1.54, 1.807) is 12.2 Å². The third-order valence-electron chi connectivity index (χ3n) is 2.33. The Kier molecular flexibility index (Phi) is 2.51. The second-order valence-electron chi connectivity index (χ2n) is 3.88. The Morgan fingerprint density at radius 2 is 2.08 bits per heavy atom. The Morgan fingerprint density at radius 1 is 1.42 bits per heavy atom. The molecule has 1 aliphatic carbocycles. The first-order valence-electron chi connectivity index (χ1n) is 4.50. The van der Waals surface area contributed by atoms with Gasteiger partial charge < -0.3 is 0 Å². The van der Waals surface area contributed by atoms with E-state index in [0.29, 0.717) is 0 Å². The van der Waals surface area contributed by atoms with E-state index >= 15 is 0 Å². The first-order valence-corrected chi connectivity index (χ1v) is 4.50. The Hall–Kier alpha value is -0.850. The molecule has 0 heterocycles. The highest BCUT2D eigenvalue weighted by Crippen LogP contribution is 2.33. The minimum atomic E-state index is 0.0872. The van der Waals surface area contributed by atoms with Gasteiger partial charge in [0.15, 0.2) is 5.78 Å². The number of hydrogen-bond acceptors (Lipinski definition) is 1. The second-order valence-corrected chi connectivity index (χ2v) is 3.88. The monoisotopic (exact) mass is 164 g/mol. The van der Waals surface area contributed by atoms with E-state index in [2.05, 4.69) is 20.8 Å². The molecule has 0 spiro atoms. The molecule has 0 fully saturated rings. The summed E-state index contributed by atoms with van der Waals surface area (Å²) in [6, 6.07) is 0. The van der Waals surface area contributed by atoms with Gasteiger partial charge in [0.05, 0.1) is 0 Å². The summed E-state index contributed by atoms with van der Waals surface area (Å²) in [7, 11) is 0. The molecule has 0 radical (unpaired) electrons. The molecule has 0 saturated heterocycles. The minimum absolute atomic E-state index is 0.0872. The highest BCUT2D eigenvalue weighted by molar-refractivity contribution is 6.01. The number of hydrogen-bond donors (Lipinski definition) is 0. The van der Waals surface area contributed by atoms with Crippen LogP contribution in [0.5, 0.6) is 0 Å². The fraction of sp³-hybridized carbons (Fsp3) is 0.545. The lowest BCUT2D eigenvalue weighted by Gasteiger charge is -2.26. The number of carbonyl (C=O) groups is 1. The van der Waals surface area contributed by atoms with Gasteiger partial charge in [0.1, 0.15) is 0 Å². The lowest BCUT2D eigenvalue weighted by molar-refractivity contribution is -0.110. The molecule has 1 heteroatoms. The van der Waals surface area contributed by atoms with Gasteiger partial charge in [-0.15, -0.1) is 0 Å². The highest BCUT2D eigenvalue weighted by Gasteiger charge is 2.22. The van der Waals surface area contributed by atoms with Gasteiger partial charge in [-0.05, 0) is 18.6 Å². The Labute approximate surface area is 74.2 Å². The van der Waals surface area contributed by atoms with Gasteiger partial charge >= 0.3 is 0 Å². The van der Waals surface area contributed by atoms with Gasteiger partial charge in [0.25, 0.3) is 0 Å². The van der Waals surface area contributed by atoms with Gasteiger partial charge in [-0.2, -0.15) is 0 Å². The van der Waals surface area contributed by atoms with Gasteiger partial charge in [0.2, 0.25) is 0 Å². The van der Waals surface area contributed by atoms with Crippen LogP contribution in [0.2, 0.25) is 0 Å². The molecule has 0 aromatic heterocycles. The highest BCUT2D eigenvalue weighted by atomic mass is 16.1. The number of allylic oxidation sites excluding steroid dienone is 4. The third kappa shape index (κ3) is 1.84. The largest absolute Gasteiger partial charge is 0.290 e. The van der Waals surface area contributed by atoms with Crippen LogP contribution in [-0.2, 0) is 4.79 Å². The van der Waals surface area contributed by atoms with Crippen molar-refractivity contribution >= 4 is 5.78 Å². The first-order chi connectivity index (χ1) is 5.56. The Morgan fingerprint density at radius 3 is 2.67 bits per heavy atom. The van der Waals surface area contributed by atoms with Crippen molar-refractivity contribution in [3.63, 3.8) is 0 Å². The molecule has 0 aromatic rings. The quantitative estimate of drug-likeness (QED) is 0.613. The van der Waals surface area contributed by atoms with Crippen LogP contribution < -0.4 is 0 Å². The van der Waals surface area contributed by atoms with Crippen LogP contribution in [0.25, 0.3) is 0 Å². The first kappa shape index (κ1) is 9.24. The topological polar surface area (TPSA) is 17.1 Å². The SMILES string of the molecule is CCCC1=CC(=O)C=CC1(C)C. The normalized spacial score (nSPS) is 20.9. The van der Waals surface area contributed by atoms with Crippen molar-refractivity contribution in [2.45, 2.75) is 33.6 Å². The summed E-state index contributed by atoms with van der Waals surface area (Å²) in [5.74, 6) is 0.137. The molecule has 1 rings (SSSR count). The van der Waals surface area contributed by atoms with Crippen molar-refractivity contribution in [3.8, 4) is 0 Å². The standard InChI is InChI=1S/C11H16O/c1-4-5-9-8-10(12)6-7-11(9,2)3/h6-8H,4-5H2,1-3H3. The number of ketones is 1. The molecule has 0 saturated carbocycles. The maximum absolute atomic E-state index is 11.1. The molecule has 12 heavy (non-hydrogen) atoms. The van der Waals surface area contributed by atoms with Crippen molar-refractivity contribution in [1.82, 2.24) is 0 Å².